The van der Waals surface area contributed by atoms with E-state index in [0.29, 0.717) is 0 Å². The summed E-state index contributed by atoms with van der Waals surface area (Å²) in [6.45, 7) is -0.0621. The summed E-state index contributed by atoms with van der Waals surface area (Å²) in [4.78, 5) is 60.6. The van der Waals surface area contributed by atoms with Crippen molar-refractivity contribution in [1.82, 2.24) is 15.5 Å². The zero-order valence-electron chi connectivity index (χ0n) is 18.9. The summed E-state index contributed by atoms with van der Waals surface area (Å²) >= 11 is 0. The van der Waals surface area contributed by atoms with Crippen molar-refractivity contribution in [3.63, 3.8) is 0 Å². The number of amides is 4. The number of rotatable bonds is 9. The van der Waals surface area contributed by atoms with E-state index in [1.807, 2.05) is 48.5 Å². The van der Waals surface area contributed by atoms with Gasteiger partial charge >= 0.3 is 12.1 Å². The van der Waals surface area contributed by atoms with Crippen LogP contribution < -0.4 is 10.6 Å². The molecule has 35 heavy (non-hydrogen) atoms. The summed E-state index contributed by atoms with van der Waals surface area (Å²) in [5.74, 6) is -2.85. The Balaban J connectivity index is 1.34. The largest absolute Gasteiger partial charge is 0.481 e. The average Bonchev–Trinajstić information content (AvgIpc) is 3.33. The Morgan fingerprint density at radius 1 is 0.971 bits per heavy atom. The molecule has 10 heteroatoms. The molecule has 182 valence electrons. The Kier molecular flexibility index (Phi) is 7.09. The zero-order valence-corrected chi connectivity index (χ0v) is 18.9. The van der Waals surface area contributed by atoms with Crippen molar-refractivity contribution < 1.29 is 33.8 Å². The number of aliphatic carboxylic acids is 1. The Bertz CT molecular complexity index is 1120. The molecule has 2 aromatic rings. The van der Waals surface area contributed by atoms with E-state index in [0.717, 1.165) is 27.2 Å². The highest BCUT2D eigenvalue weighted by Crippen LogP contribution is 2.44. The molecule has 1 unspecified atom stereocenters. The van der Waals surface area contributed by atoms with E-state index in [2.05, 4.69) is 10.6 Å². The monoisotopic (exact) mass is 479 g/mol. The molecule has 0 radical (unpaired) electrons. The van der Waals surface area contributed by atoms with Gasteiger partial charge in [0.25, 0.3) is 0 Å². The van der Waals surface area contributed by atoms with Gasteiger partial charge in [0.2, 0.25) is 17.7 Å². The first kappa shape index (κ1) is 23.9. The topological polar surface area (TPSA) is 142 Å². The van der Waals surface area contributed by atoms with Crippen LogP contribution in [0.3, 0.4) is 0 Å². The molecule has 4 amide bonds. The van der Waals surface area contributed by atoms with Crippen LogP contribution in [0, 0.1) is 0 Å². The minimum atomic E-state index is -1.38. The number of carboxylic acids is 1. The highest BCUT2D eigenvalue weighted by Gasteiger charge is 2.31. The molecule has 10 nitrogen and oxygen atoms in total. The number of hydrogen-bond acceptors (Lipinski definition) is 6. The number of imide groups is 1. The summed E-state index contributed by atoms with van der Waals surface area (Å²) < 4.78 is 5.40. The third-order valence-electron chi connectivity index (χ3n) is 6.12. The molecule has 1 heterocycles. The lowest BCUT2D eigenvalue weighted by atomic mass is 9.98. The Morgan fingerprint density at radius 2 is 1.54 bits per heavy atom. The van der Waals surface area contributed by atoms with Crippen LogP contribution in [-0.4, -0.2) is 65.5 Å². The Hall–Kier alpha value is -4.21. The molecule has 0 aromatic heterocycles. The third kappa shape index (κ3) is 5.32. The van der Waals surface area contributed by atoms with Gasteiger partial charge in [-0.05, 0) is 22.3 Å². The first-order valence-corrected chi connectivity index (χ1v) is 11.3. The van der Waals surface area contributed by atoms with Crippen molar-refractivity contribution in [2.24, 2.45) is 0 Å². The first-order valence-electron chi connectivity index (χ1n) is 11.3. The van der Waals surface area contributed by atoms with E-state index >= 15 is 0 Å². The maximum Gasteiger partial charge on any atom is 0.407 e. The van der Waals surface area contributed by atoms with Gasteiger partial charge in [-0.25, -0.2) is 4.79 Å². The molecule has 4 rings (SSSR count). The molecule has 2 aromatic carbocycles. The molecule has 1 aliphatic heterocycles. The molecule has 1 aliphatic carbocycles. The van der Waals surface area contributed by atoms with Crippen molar-refractivity contribution in [3.8, 4) is 11.1 Å². The van der Waals surface area contributed by atoms with Gasteiger partial charge in [-0.3, -0.25) is 24.1 Å². The first-order chi connectivity index (χ1) is 16.8. The number of benzene rings is 2. The van der Waals surface area contributed by atoms with Crippen molar-refractivity contribution >= 4 is 29.8 Å². The molecular weight excluding hydrogens is 454 g/mol. The summed E-state index contributed by atoms with van der Waals surface area (Å²) in [6, 6.07) is 14.3. The number of carbonyl (C=O) groups is 5. The smallest absolute Gasteiger partial charge is 0.407 e. The van der Waals surface area contributed by atoms with Gasteiger partial charge in [0.15, 0.2) is 0 Å². The lowest BCUT2D eigenvalue weighted by Crippen LogP contribution is -2.49. The van der Waals surface area contributed by atoms with Crippen LogP contribution in [-0.2, 0) is 23.9 Å². The summed E-state index contributed by atoms with van der Waals surface area (Å²) in [5.41, 5.74) is 4.17. The number of nitrogens with zero attached hydrogens (tertiary/aromatic N) is 1. The number of alkyl carbamates (subject to hydrolysis) is 1. The number of carbonyl (C=O) groups excluding carboxylic acids is 4. The van der Waals surface area contributed by atoms with Gasteiger partial charge in [-0.15, -0.1) is 0 Å². The fourth-order valence-corrected chi connectivity index (χ4v) is 4.45. The fourth-order valence-electron chi connectivity index (χ4n) is 4.45. The van der Waals surface area contributed by atoms with Gasteiger partial charge in [-0.1, -0.05) is 48.5 Å². The fraction of sp³-hybridized carbons (Fsp3) is 0.320. The van der Waals surface area contributed by atoms with E-state index < -0.39 is 30.4 Å². The highest BCUT2D eigenvalue weighted by molar-refractivity contribution is 6.02. The Morgan fingerprint density at radius 3 is 2.11 bits per heavy atom. The van der Waals surface area contributed by atoms with Crippen molar-refractivity contribution in [2.45, 2.75) is 31.2 Å². The van der Waals surface area contributed by atoms with Gasteiger partial charge < -0.3 is 20.5 Å². The van der Waals surface area contributed by atoms with Crippen LogP contribution in [0.15, 0.2) is 48.5 Å². The molecule has 1 saturated heterocycles. The Labute approximate surface area is 201 Å². The van der Waals surface area contributed by atoms with Crippen molar-refractivity contribution in [2.75, 3.05) is 19.7 Å². The van der Waals surface area contributed by atoms with Crippen LogP contribution in [0.25, 0.3) is 11.1 Å². The van der Waals surface area contributed by atoms with E-state index in [-0.39, 0.29) is 50.3 Å². The predicted octanol–water partition coefficient (Wildman–Crippen LogP) is 1.63. The minimum Gasteiger partial charge on any atom is -0.481 e. The van der Waals surface area contributed by atoms with Crippen LogP contribution in [0.4, 0.5) is 4.79 Å². The number of nitrogens with one attached hydrogen (secondary N) is 2. The van der Waals surface area contributed by atoms with Crippen molar-refractivity contribution in [1.29, 1.82) is 0 Å². The average molecular weight is 479 g/mol. The lowest BCUT2D eigenvalue weighted by Gasteiger charge is -2.19. The normalized spacial score (nSPS) is 15.4. The molecule has 2 aliphatic rings. The molecule has 3 N–H and O–H groups in total. The van der Waals surface area contributed by atoms with Crippen LogP contribution in [0.5, 0.6) is 0 Å². The highest BCUT2D eigenvalue weighted by atomic mass is 16.5. The summed E-state index contributed by atoms with van der Waals surface area (Å²) in [5, 5.41) is 13.9. The molecule has 0 spiro atoms. The molecule has 1 fully saturated rings. The van der Waals surface area contributed by atoms with Gasteiger partial charge in [0.1, 0.15) is 12.6 Å². The summed E-state index contributed by atoms with van der Waals surface area (Å²) in [6.07, 6.45) is -1.30. The number of fused-ring (bicyclic) bond motifs is 3. The van der Waals surface area contributed by atoms with E-state index in [1.54, 1.807) is 0 Å². The van der Waals surface area contributed by atoms with E-state index in [1.165, 1.54) is 0 Å². The minimum absolute atomic E-state index is 0.0143. The summed E-state index contributed by atoms with van der Waals surface area (Å²) in [7, 11) is 0. The maximum atomic E-state index is 12.5. The van der Waals surface area contributed by atoms with Gasteiger partial charge in [0.05, 0.1) is 6.42 Å². The molecule has 0 bridgehead atoms. The molecule has 0 saturated carbocycles. The number of likely N-dealkylation sites (tertiary alicyclic amines) is 1. The molecular formula is C25H25N3O7. The molecule has 1 atom stereocenters. The third-order valence-corrected chi connectivity index (χ3v) is 6.12. The number of hydrogen-bond donors (Lipinski definition) is 3. The van der Waals surface area contributed by atoms with Crippen LogP contribution in [0.2, 0.25) is 0 Å². The lowest BCUT2D eigenvalue weighted by molar-refractivity contribution is -0.139. The SMILES string of the molecule is O=C(O)CC(NC(=O)OCC1c2ccccc2-c2ccccc21)C(=O)NCCN1C(=O)CCC1=O. The quantitative estimate of drug-likeness (QED) is 0.464. The van der Waals surface area contributed by atoms with Crippen LogP contribution in [0.1, 0.15) is 36.3 Å². The second kappa shape index (κ2) is 10.4. The second-order valence-electron chi connectivity index (χ2n) is 8.35. The second-order valence-corrected chi connectivity index (χ2v) is 8.35. The number of carboxylic acid groups (broad SMARTS) is 1. The standard InChI is InChI=1S/C25H25N3O7/c29-21-9-10-22(30)28(21)12-11-26-24(33)20(13-23(31)32)27-25(34)35-14-19-17-7-3-1-5-15(17)16-6-2-4-8-18(16)19/h1-8,19-20H,9-14H2,(H,26,33)(H,27,34)(H,31,32). The van der Waals surface area contributed by atoms with Gasteiger partial charge in [-0.2, -0.15) is 0 Å². The number of ether oxygens (including phenoxy) is 1. The zero-order chi connectivity index (χ0) is 24.9. The van der Waals surface area contributed by atoms with E-state index in [9.17, 15) is 24.0 Å². The van der Waals surface area contributed by atoms with Crippen molar-refractivity contribution in [3.05, 3.63) is 59.7 Å². The van der Waals surface area contributed by atoms with E-state index in [4.69, 9.17) is 9.84 Å². The van der Waals surface area contributed by atoms with Gasteiger partial charge in [0, 0.05) is 31.8 Å². The maximum absolute atomic E-state index is 12.5. The predicted molar refractivity (Wildman–Crippen MR) is 123 cm³/mol. The van der Waals surface area contributed by atoms with Crippen LogP contribution >= 0.6 is 0 Å².